The molecule has 2 nitrogen and oxygen atoms in total. The summed E-state index contributed by atoms with van der Waals surface area (Å²) < 4.78 is 0. The predicted octanol–water partition coefficient (Wildman–Crippen LogP) is 6.16. The van der Waals surface area contributed by atoms with Gasteiger partial charge in [0, 0.05) is 16.3 Å². The monoisotopic (exact) mass is 374 g/mol. The van der Waals surface area contributed by atoms with Gasteiger partial charge in [-0.15, -0.1) is 22.7 Å². The van der Waals surface area contributed by atoms with E-state index in [9.17, 15) is 0 Å². The van der Waals surface area contributed by atoms with Crippen LogP contribution in [-0.4, -0.2) is 0 Å². The zero-order valence-corrected chi connectivity index (χ0v) is 15.8. The van der Waals surface area contributed by atoms with Gasteiger partial charge in [-0.2, -0.15) is 5.26 Å². The van der Waals surface area contributed by atoms with E-state index in [2.05, 4.69) is 53.9 Å². The van der Waals surface area contributed by atoms with Gasteiger partial charge in [-0.1, -0.05) is 48.5 Å². The van der Waals surface area contributed by atoms with Crippen molar-refractivity contribution in [3.05, 3.63) is 94.7 Å². The molecule has 2 aromatic carbocycles. The molecule has 0 saturated heterocycles. The molecule has 26 heavy (non-hydrogen) atoms. The lowest BCUT2D eigenvalue weighted by molar-refractivity contribution is 1.07. The van der Waals surface area contributed by atoms with E-state index in [4.69, 9.17) is 11.0 Å². The van der Waals surface area contributed by atoms with Crippen molar-refractivity contribution in [2.45, 2.75) is 6.54 Å². The molecular formula is C22H18N2S2. The van der Waals surface area contributed by atoms with E-state index in [-0.39, 0.29) is 0 Å². The third kappa shape index (κ3) is 4.68. The summed E-state index contributed by atoms with van der Waals surface area (Å²) in [4.78, 5) is 2.55. The van der Waals surface area contributed by atoms with Crippen LogP contribution < -0.4 is 5.73 Å². The van der Waals surface area contributed by atoms with Crippen molar-refractivity contribution in [1.29, 1.82) is 5.26 Å². The van der Waals surface area contributed by atoms with E-state index < -0.39 is 0 Å². The Morgan fingerprint density at radius 3 is 1.62 bits per heavy atom. The Bertz CT molecular complexity index is 947. The Morgan fingerprint density at radius 2 is 1.23 bits per heavy atom. The summed E-state index contributed by atoms with van der Waals surface area (Å²) in [6.07, 6.45) is 0. The number of hydrogen-bond acceptors (Lipinski definition) is 4. The first-order chi connectivity index (χ1) is 12.8. The van der Waals surface area contributed by atoms with E-state index in [0.29, 0.717) is 12.1 Å². The largest absolute Gasteiger partial charge is 0.326 e. The molecular weight excluding hydrogens is 356 g/mol. The number of hydrogen-bond donors (Lipinski definition) is 1. The van der Waals surface area contributed by atoms with E-state index in [1.807, 2.05) is 35.7 Å². The molecule has 0 saturated carbocycles. The van der Waals surface area contributed by atoms with Crippen molar-refractivity contribution in [3.8, 4) is 27.0 Å². The van der Waals surface area contributed by atoms with Crippen molar-refractivity contribution in [3.63, 3.8) is 0 Å². The van der Waals surface area contributed by atoms with Crippen LogP contribution in [0.25, 0.3) is 20.9 Å². The number of nitrogens with zero attached hydrogens (tertiary/aromatic N) is 1. The molecule has 2 aromatic heterocycles. The average Bonchev–Trinajstić information content (AvgIpc) is 3.43. The zero-order chi connectivity index (χ0) is 18.2. The minimum absolute atomic E-state index is 0.616. The van der Waals surface area contributed by atoms with Crippen LogP contribution in [0.2, 0.25) is 0 Å². The summed E-state index contributed by atoms with van der Waals surface area (Å²) in [5.74, 6) is 0. The minimum atomic E-state index is 0.616. The molecule has 0 radical (unpaired) electrons. The number of thiophene rings is 2. The number of nitrogens with two attached hydrogens (primary N) is 1. The molecule has 0 aliphatic carbocycles. The molecule has 0 bridgehead atoms. The molecule has 0 fully saturated rings. The fourth-order valence-corrected chi connectivity index (χ4v) is 3.87. The van der Waals surface area contributed by atoms with Gasteiger partial charge in [-0.05, 0) is 51.7 Å². The fraction of sp³-hybridized carbons (Fsp3) is 0.0455. The number of nitriles is 1. The Labute approximate surface area is 161 Å². The number of benzene rings is 2. The highest BCUT2D eigenvalue weighted by Crippen LogP contribution is 2.25. The summed E-state index contributed by atoms with van der Waals surface area (Å²) in [6, 6.07) is 26.4. The Kier molecular flexibility index (Phi) is 6.34. The molecule has 128 valence electrons. The average molecular weight is 375 g/mol. The molecule has 0 aliphatic rings. The van der Waals surface area contributed by atoms with Crippen LogP contribution in [-0.2, 0) is 6.54 Å². The first kappa shape index (κ1) is 18.1. The molecule has 4 aromatic rings. The second-order valence-corrected chi connectivity index (χ2v) is 7.44. The van der Waals surface area contributed by atoms with Gasteiger partial charge in [0.2, 0.25) is 0 Å². The number of rotatable bonds is 3. The van der Waals surface area contributed by atoms with Crippen molar-refractivity contribution >= 4 is 22.7 Å². The van der Waals surface area contributed by atoms with Gasteiger partial charge in [0.15, 0.2) is 0 Å². The van der Waals surface area contributed by atoms with Crippen molar-refractivity contribution in [2.75, 3.05) is 0 Å². The van der Waals surface area contributed by atoms with Crippen LogP contribution in [0.15, 0.2) is 83.6 Å². The maximum Gasteiger partial charge on any atom is 0.0991 e. The molecule has 4 heteroatoms. The topological polar surface area (TPSA) is 49.8 Å². The first-order valence-corrected chi connectivity index (χ1v) is 9.93. The van der Waals surface area contributed by atoms with Crippen LogP contribution in [0, 0.1) is 11.3 Å². The highest BCUT2D eigenvalue weighted by atomic mass is 32.1. The maximum atomic E-state index is 8.61. The molecule has 0 amide bonds. The van der Waals surface area contributed by atoms with Crippen LogP contribution in [0.1, 0.15) is 11.1 Å². The summed E-state index contributed by atoms with van der Waals surface area (Å²) in [7, 11) is 0. The third-order valence-electron chi connectivity index (χ3n) is 3.82. The maximum absolute atomic E-state index is 8.61. The Hall–Kier alpha value is -2.71. The summed E-state index contributed by atoms with van der Waals surface area (Å²) in [5, 5.41) is 12.8. The predicted molar refractivity (Wildman–Crippen MR) is 112 cm³/mol. The summed E-state index contributed by atoms with van der Waals surface area (Å²) in [6.45, 7) is 0.616. The molecule has 4 rings (SSSR count). The van der Waals surface area contributed by atoms with Gasteiger partial charge in [0.05, 0.1) is 11.6 Å². The fourth-order valence-electron chi connectivity index (χ4n) is 2.40. The van der Waals surface area contributed by atoms with E-state index in [0.717, 1.165) is 0 Å². The van der Waals surface area contributed by atoms with E-state index in [1.54, 1.807) is 22.7 Å². The molecule has 0 spiro atoms. The first-order valence-electron chi connectivity index (χ1n) is 8.17. The molecule has 2 heterocycles. The van der Waals surface area contributed by atoms with Gasteiger partial charge in [0.1, 0.15) is 0 Å². The van der Waals surface area contributed by atoms with Crippen LogP contribution >= 0.6 is 22.7 Å². The van der Waals surface area contributed by atoms with Gasteiger partial charge < -0.3 is 5.73 Å². The normalized spacial score (nSPS) is 9.85. The van der Waals surface area contributed by atoms with E-state index >= 15 is 0 Å². The summed E-state index contributed by atoms with van der Waals surface area (Å²) >= 11 is 3.46. The quantitative estimate of drug-likeness (QED) is 0.467. The SMILES string of the molecule is N#Cc1ccc(-c2cccs2)cc1.NCc1ccc(-c2cccs2)cc1. The molecule has 0 aliphatic heterocycles. The van der Waals surface area contributed by atoms with Crippen LogP contribution in [0.5, 0.6) is 0 Å². The lowest BCUT2D eigenvalue weighted by Gasteiger charge is -1.99. The highest BCUT2D eigenvalue weighted by molar-refractivity contribution is 7.13. The lowest BCUT2D eigenvalue weighted by Crippen LogP contribution is -1.94. The molecule has 0 unspecified atom stereocenters. The Balaban J connectivity index is 0.000000151. The van der Waals surface area contributed by atoms with Crippen LogP contribution in [0.4, 0.5) is 0 Å². The standard InChI is InChI=1S/C11H11NS.C11H7NS/c2*12-8-9-3-5-10(6-4-9)11-2-1-7-13-11/h1-7H,8,12H2;1-7H. The highest BCUT2D eigenvalue weighted by Gasteiger charge is 1.98. The second kappa shape index (κ2) is 9.12. The second-order valence-electron chi connectivity index (χ2n) is 5.54. The Morgan fingerprint density at radius 1 is 0.731 bits per heavy atom. The van der Waals surface area contributed by atoms with Crippen molar-refractivity contribution < 1.29 is 0 Å². The molecule has 2 N–H and O–H groups in total. The van der Waals surface area contributed by atoms with Crippen molar-refractivity contribution in [2.24, 2.45) is 5.73 Å². The molecule has 0 atom stereocenters. The van der Waals surface area contributed by atoms with Gasteiger partial charge in [-0.25, -0.2) is 0 Å². The van der Waals surface area contributed by atoms with Gasteiger partial charge in [-0.3, -0.25) is 0 Å². The zero-order valence-electron chi connectivity index (χ0n) is 14.1. The third-order valence-corrected chi connectivity index (χ3v) is 5.65. The van der Waals surface area contributed by atoms with E-state index in [1.165, 1.54) is 26.4 Å². The minimum Gasteiger partial charge on any atom is -0.326 e. The smallest absolute Gasteiger partial charge is 0.0991 e. The van der Waals surface area contributed by atoms with Crippen molar-refractivity contribution in [1.82, 2.24) is 0 Å². The van der Waals surface area contributed by atoms with Gasteiger partial charge in [0.25, 0.3) is 0 Å². The summed E-state index contributed by atoms with van der Waals surface area (Å²) in [5.41, 5.74) is 9.86. The van der Waals surface area contributed by atoms with Crippen LogP contribution in [0.3, 0.4) is 0 Å². The lowest BCUT2D eigenvalue weighted by atomic mass is 10.1. The van der Waals surface area contributed by atoms with Gasteiger partial charge >= 0.3 is 0 Å².